The van der Waals surface area contributed by atoms with Crippen molar-refractivity contribution in [3.8, 4) is 5.75 Å². The number of H-pyrrole nitrogens is 1. The number of hydrogen-bond acceptors (Lipinski definition) is 2. The topological polar surface area (TPSA) is 48.4 Å². The van der Waals surface area contributed by atoms with Crippen molar-refractivity contribution in [2.45, 2.75) is 71.6 Å². The quantitative estimate of drug-likeness (QED) is 0.520. The Morgan fingerprint density at radius 3 is 2.20 bits per heavy atom. The summed E-state index contributed by atoms with van der Waals surface area (Å²) in [5, 5.41) is 12.3. The molecule has 0 spiro atoms. The van der Waals surface area contributed by atoms with Gasteiger partial charge in [-0.2, -0.15) is 0 Å². The van der Waals surface area contributed by atoms with Gasteiger partial charge in [-0.25, -0.2) is 0 Å². The number of benzene rings is 2. The van der Waals surface area contributed by atoms with Crippen molar-refractivity contribution in [2.24, 2.45) is 4.99 Å². The zero-order valence-corrected chi connectivity index (χ0v) is 19.2. The first-order valence-electron chi connectivity index (χ1n) is 11.1. The number of phenolic OH excluding ortho intramolecular Hbond substituents is 1. The summed E-state index contributed by atoms with van der Waals surface area (Å²) >= 11 is 0. The van der Waals surface area contributed by atoms with E-state index in [1.165, 1.54) is 33.4 Å². The van der Waals surface area contributed by atoms with Gasteiger partial charge in [0.25, 0.3) is 0 Å². The molecule has 0 radical (unpaired) electrons. The van der Waals surface area contributed by atoms with Gasteiger partial charge < -0.3 is 10.1 Å². The predicted octanol–water partition coefficient (Wildman–Crippen LogP) is 6.45. The summed E-state index contributed by atoms with van der Waals surface area (Å²) in [4.78, 5) is 8.49. The first-order valence-corrected chi connectivity index (χ1v) is 11.1. The molecule has 30 heavy (non-hydrogen) atoms. The number of aliphatic imine (C=N–C) groups is 1. The number of aryl methyl sites for hydroxylation is 1. The zero-order valence-electron chi connectivity index (χ0n) is 19.2. The van der Waals surface area contributed by atoms with Crippen LogP contribution in [0, 0.1) is 0 Å². The van der Waals surface area contributed by atoms with Crippen LogP contribution in [-0.4, -0.2) is 22.3 Å². The molecule has 2 heterocycles. The smallest absolute Gasteiger partial charge is 0.123 e. The van der Waals surface area contributed by atoms with Gasteiger partial charge in [-0.1, -0.05) is 71.9 Å². The van der Waals surface area contributed by atoms with Crippen LogP contribution in [0.2, 0.25) is 0 Å². The average molecular weight is 403 g/mol. The van der Waals surface area contributed by atoms with E-state index in [1.807, 2.05) is 0 Å². The van der Waals surface area contributed by atoms with E-state index < -0.39 is 0 Å². The third-order valence-corrected chi connectivity index (χ3v) is 6.20. The molecule has 0 saturated heterocycles. The molecule has 158 valence electrons. The van der Waals surface area contributed by atoms with E-state index in [-0.39, 0.29) is 10.8 Å². The van der Waals surface area contributed by atoms with Crippen LogP contribution < -0.4 is 0 Å². The van der Waals surface area contributed by atoms with Crippen molar-refractivity contribution in [3.05, 3.63) is 64.3 Å². The molecule has 1 aliphatic rings. The number of fused-ring (bicyclic) bond motifs is 3. The van der Waals surface area contributed by atoms with Gasteiger partial charge in [0.2, 0.25) is 0 Å². The minimum absolute atomic E-state index is 0.104. The van der Waals surface area contributed by atoms with Crippen LogP contribution in [0.3, 0.4) is 0 Å². The fourth-order valence-electron chi connectivity index (χ4n) is 4.54. The third-order valence-electron chi connectivity index (χ3n) is 6.20. The number of nitrogens with zero attached hydrogens (tertiary/aromatic N) is 1. The molecule has 0 unspecified atom stereocenters. The van der Waals surface area contributed by atoms with Crippen molar-refractivity contribution in [2.75, 3.05) is 6.54 Å². The highest BCUT2D eigenvalue weighted by Crippen LogP contribution is 2.40. The predicted molar refractivity (Wildman–Crippen MR) is 127 cm³/mol. The van der Waals surface area contributed by atoms with E-state index >= 15 is 0 Å². The summed E-state index contributed by atoms with van der Waals surface area (Å²) < 4.78 is 0. The summed E-state index contributed by atoms with van der Waals surface area (Å²) in [6.45, 7) is 13.9. The molecule has 0 aliphatic carbocycles. The van der Waals surface area contributed by atoms with Crippen LogP contribution in [0.4, 0.5) is 0 Å². The standard InChI is InChI=1S/C27H34N2O/c1-26(2,3)20-15-17(16-21(25(20)30)27(4,5)6)11-12-23-24-19(13-14-28-23)18-9-7-8-10-22(18)29-24/h7-10,15-16,29-30H,11-14H2,1-6H3. The number of rotatable bonds is 3. The highest BCUT2D eigenvalue weighted by Gasteiger charge is 2.27. The Balaban J connectivity index is 1.67. The molecule has 0 fully saturated rings. The molecule has 0 bridgehead atoms. The number of aromatic hydroxyl groups is 1. The SMILES string of the molecule is CC(C)(C)c1cc(CCC2=NCCc3c2[nH]c2ccccc32)cc(C(C)(C)C)c1O. The van der Waals surface area contributed by atoms with Gasteiger partial charge in [-0.05, 0) is 58.4 Å². The van der Waals surface area contributed by atoms with Crippen LogP contribution in [-0.2, 0) is 23.7 Å². The molecule has 1 aromatic heterocycles. The van der Waals surface area contributed by atoms with Crippen molar-refractivity contribution in [1.29, 1.82) is 0 Å². The lowest BCUT2D eigenvalue weighted by Crippen LogP contribution is -2.18. The number of hydrogen-bond donors (Lipinski definition) is 2. The molecule has 3 nitrogen and oxygen atoms in total. The monoisotopic (exact) mass is 402 g/mol. The Kier molecular flexibility index (Phi) is 5.04. The van der Waals surface area contributed by atoms with E-state index in [9.17, 15) is 5.11 Å². The van der Waals surface area contributed by atoms with E-state index in [0.29, 0.717) is 5.75 Å². The lowest BCUT2D eigenvalue weighted by molar-refractivity contribution is 0.422. The molecule has 0 atom stereocenters. The molecular formula is C27H34N2O. The van der Waals surface area contributed by atoms with E-state index in [1.54, 1.807) is 0 Å². The molecule has 2 N–H and O–H groups in total. The highest BCUT2D eigenvalue weighted by atomic mass is 16.3. The maximum absolute atomic E-state index is 11.0. The van der Waals surface area contributed by atoms with Gasteiger partial charge in [0, 0.05) is 17.4 Å². The average Bonchev–Trinajstić information content (AvgIpc) is 3.04. The Labute approximate surface area is 180 Å². The molecule has 3 aromatic rings. The number of para-hydroxylation sites is 1. The van der Waals surface area contributed by atoms with Crippen LogP contribution in [0.15, 0.2) is 41.4 Å². The molecule has 0 saturated carbocycles. The van der Waals surface area contributed by atoms with E-state index in [4.69, 9.17) is 4.99 Å². The second-order valence-corrected chi connectivity index (χ2v) is 10.6. The van der Waals surface area contributed by atoms with Gasteiger partial charge in [0.15, 0.2) is 0 Å². The molecule has 4 rings (SSSR count). The molecule has 1 aliphatic heterocycles. The molecule has 3 heteroatoms. The number of aromatic nitrogens is 1. The van der Waals surface area contributed by atoms with Crippen LogP contribution >= 0.6 is 0 Å². The second kappa shape index (κ2) is 7.30. The summed E-state index contributed by atoms with van der Waals surface area (Å²) in [6, 6.07) is 12.9. The minimum atomic E-state index is -0.104. The summed E-state index contributed by atoms with van der Waals surface area (Å²) in [5.41, 5.74) is 8.12. The first-order chi connectivity index (χ1) is 14.1. The fourth-order valence-corrected chi connectivity index (χ4v) is 4.54. The van der Waals surface area contributed by atoms with Gasteiger partial charge in [-0.3, -0.25) is 4.99 Å². The Hall–Kier alpha value is -2.55. The lowest BCUT2D eigenvalue weighted by atomic mass is 9.78. The van der Waals surface area contributed by atoms with Gasteiger partial charge in [0.05, 0.1) is 11.4 Å². The maximum Gasteiger partial charge on any atom is 0.123 e. The molecule has 2 aromatic carbocycles. The summed E-state index contributed by atoms with van der Waals surface area (Å²) in [5.74, 6) is 0.451. The Morgan fingerprint density at radius 1 is 0.933 bits per heavy atom. The molecular weight excluding hydrogens is 368 g/mol. The largest absolute Gasteiger partial charge is 0.507 e. The summed E-state index contributed by atoms with van der Waals surface area (Å²) in [7, 11) is 0. The lowest BCUT2D eigenvalue weighted by Gasteiger charge is -2.28. The third kappa shape index (κ3) is 3.78. The van der Waals surface area contributed by atoms with Crippen molar-refractivity contribution >= 4 is 16.6 Å². The number of nitrogens with one attached hydrogen (secondary N) is 1. The van der Waals surface area contributed by atoms with Gasteiger partial charge in [-0.15, -0.1) is 0 Å². The van der Waals surface area contributed by atoms with Crippen LogP contribution in [0.5, 0.6) is 5.75 Å². The van der Waals surface area contributed by atoms with Crippen LogP contribution in [0.1, 0.15) is 75.9 Å². The normalized spacial score (nSPS) is 14.7. The molecule has 0 amide bonds. The summed E-state index contributed by atoms with van der Waals surface area (Å²) in [6.07, 6.45) is 2.82. The number of phenols is 1. The van der Waals surface area contributed by atoms with E-state index in [2.05, 4.69) is 82.9 Å². The van der Waals surface area contributed by atoms with Gasteiger partial charge in [0.1, 0.15) is 5.75 Å². The Bertz CT molecular complexity index is 1080. The van der Waals surface area contributed by atoms with E-state index in [0.717, 1.165) is 36.9 Å². The van der Waals surface area contributed by atoms with Crippen molar-refractivity contribution < 1.29 is 5.11 Å². The highest BCUT2D eigenvalue weighted by molar-refractivity contribution is 6.06. The first kappa shape index (κ1) is 20.7. The minimum Gasteiger partial charge on any atom is -0.507 e. The fraction of sp³-hybridized carbons (Fsp3) is 0.444. The number of aromatic amines is 1. The van der Waals surface area contributed by atoms with Crippen molar-refractivity contribution in [1.82, 2.24) is 4.98 Å². The second-order valence-electron chi connectivity index (χ2n) is 10.6. The van der Waals surface area contributed by atoms with Crippen molar-refractivity contribution in [3.63, 3.8) is 0 Å². The Morgan fingerprint density at radius 2 is 1.57 bits per heavy atom. The maximum atomic E-state index is 11.0. The van der Waals surface area contributed by atoms with Crippen LogP contribution in [0.25, 0.3) is 10.9 Å². The zero-order chi connectivity index (χ0) is 21.7. The van der Waals surface area contributed by atoms with Gasteiger partial charge >= 0.3 is 0 Å².